The van der Waals surface area contributed by atoms with Crippen LogP contribution in [0.3, 0.4) is 0 Å². The molecular weight excluding hydrogens is 324 g/mol. The zero-order valence-electron chi connectivity index (χ0n) is 14.1. The number of likely N-dealkylation sites (tertiary alicyclic amines) is 1. The van der Waals surface area contributed by atoms with Crippen molar-refractivity contribution in [3.05, 3.63) is 48.2 Å². The number of hydrogen-bond donors (Lipinski definition) is 1. The van der Waals surface area contributed by atoms with Crippen molar-refractivity contribution in [3.63, 3.8) is 0 Å². The molecule has 24 heavy (non-hydrogen) atoms. The van der Waals surface area contributed by atoms with Crippen LogP contribution < -0.4 is 4.72 Å². The van der Waals surface area contributed by atoms with Crippen LogP contribution in [0.25, 0.3) is 0 Å². The molecule has 1 N–H and O–H groups in total. The third kappa shape index (κ3) is 3.85. The second-order valence-electron chi connectivity index (χ2n) is 6.47. The number of nitrogens with one attached hydrogen (secondary N) is 1. The summed E-state index contributed by atoms with van der Waals surface area (Å²) >= 11 is 0. The lowest BCUT2D eigenvalue weighted by Crippen LogP contribution is -2.39. The third-order valence-corrected chi connectivity index (χ3v) is 6.29. The van der Waals surface area contributed by atoms with Crippen LogP contribution in [0.4, 0.5) is 0 Å². The van der Waals surface area contributed by atoms with Crippen LogP contribution in [-0.2, 0) is 23.6 Å². The van der Waals surface area contributed by atoms with Gasteiger partial charge in [-0.15, -0.1) is 0 Å². The van der Waals surface area contributed by atoms with Crippen molar-refractivity contribution in [1.82, 2.24) is 19.4 Å². The second-order valence-corrected chi connectivity index (χ2v) is 8.13. The Labute approximate surface area is 143 Å². The fourth-order valence-corrected chi connectivity index (χ4v) is 4.72. The second kappa shape index (κ2) is 7.04. The molecule has 0 amide bonds. The van der Waals surface area contributed by atoms with E-state index in [1.807, 2.05) is 25.1 Å². The number of rotatable bonds is 6. The van der Waals surface area contributed by atoms with Gasteiger partial charge in [0.15, 0.2) is 5.03 Å². The molecule has 0 spiro atoms. The highest BCUT2D eigenvalue weighted by Crippen LogP contribution is 2.22. The van der Waals surface area contributed by atoms with E-state index in [0.717, 1.165) is 26.1 Å². The van der Waals surface area contributed by atoms with Gasteiger partial charge in [0.1, 0.15) is 0 Å². The van der Waals surface area contributed by atoms with E-state index in [9.17, 15) is 8.42 Å². The van der Waals surface area contributed by atoms with Crippen LogP contribution in [-0.4, -0.2) is 42.2 Å². The Bertz CT molecular complexity index is 773. The minimum absolute atomic E-state index is 0.106. The van der Waals surface area contributed by atoms with E-state index in [4.69, 9.17) is 0 Å². The summed E-state index contributed by atoms with van der Waals surface area (Å²) in [6.07, 6.45) is 2.50. The Morgan fingerprint density at radius 2 is 2.04 bits per heavy atom. The van der Waals surface area contributed by atoms with Gasteiger partial charge < -0.3 is 0 Å². The molecule has 3 rings (SSSR count). The van der Waals surface area contributed by atoms with Crippen LogP contribution in [0.2, 0.25) is 0 Å². The molecule has 1 fully saturated rings. The summed E-state index contributed by atoms with van der Waals surface area (Å²) in [4.78, 5) is 2.38. The molecule has 130 valence electrons. The Balaban J connectivity index is 1.59. The van der Waals surface area contributed by atoms with Crippen molar-refractivity contribution in [2.45, 2.75) is 31.0 Å². The number of sulfonamides is 1. The molecule has 1 aliphatic heterocycles. The van der Waals surface area contributed by atoms with Crippen molar-refractivity contribution >= 4 is 10.0 Å². The van der Waals surface area contributed by atoms with Crippen molar-refractivity contribution < 1.29 is 8.42 Å². The number of benzene rings is 1. The molecule has 1 saturated heterocycles. The lowest BCUT2D eigenvalue weighted by atomic mass is 10.0. The Morgan fingerprint density at radius 1 is 1.29 bits per heavy atom. The highest BCUT2D eigenvalue weighted by molar-refractivity contribution is 7.89. The first kappa shape index (κ1) is 17.1. The number of nitrogens with zero attached hydrogens (tertiary/aromatic N) is 3. The predicted octanol–water partition coefficient (Wildman–Crippen LogP) is 1.61. The van der Waals surface area contributed by atoms with Gasteiger partial charge in [-0.3, -0.25) is 9.58 Å². The van der Waals surface area contributed by atoms with E-state index < -0.39 is 10.0 Å². The van der Waals surface area contributed by atoms with Crippen molar-refractivity contribution in [2.24, 2.45) is 13.0 Å². The van der Waals surface area contributed by atoms with Gasteiger partial charge in [-0.2, -0.15) is 5.10 Å². The molecule has 1 aromatic heterocycles. The number of aromatic nitrogens is 2. The Morgan fingerprint density at radius 3 is 2.71 bits per heavy atom. The van der Waals surface area contributed by atoms with E-state index in [1.54, 1.807) is 7.05 Å². The van der Waals surface area contributed by atoms with Crippen LogP contribution in [0, 0.1) is 5.92 Å². The minimum atomic E-state index is -3.53. The standard InChI is InChI=1S/C17H24N4O2S/c1-14(19-24(22,23)17-8-10-18-20(17)2)16-9-11-21(13-16)12-15-6-4-3-5-7-15/h3-8,10,14,16,19H,9,11-13H2,1-2H3. The molecule has 2 atom stereocenters. The summed E-state index contributed by atoms with van der Waals surface area (Å²) in [5.41, 5.74) is 1.29. The molecule has 2 heterocycles. The highest BCUT2D eigenvalue weighted by Gasteiger charge is 2.30. The third-order valence-electron chi connectivity index (χ3n) is 4.66. The zero-order chi connectivity index (χ0) is 17.2. The van der Waals surface area contributed by atoms with Gasteiger partial charge in [0.2, 0.25) is 0 Å². The molecule has 0 saturated carbocycles. The van der Waals surface area contributed by atoms with Crippen LogP contribution >= 0.6 is 0 Å². The maximum atomic E-state index is 12.5. The Kier molecular flexibility index (Phi) is 5.03. The topological polar surface area (TPSA) is 67.2 Å². The lowest BCUT2D eigenvalue weighted by molar-refractivity contribution is 0.304. The van der Waals surface area contributed by atoms with E-state index in [-0.39, 0.29) is 11.1 Å². The molecule has 7 heteroatoms. The minimum Gasteiger partial charge on any atom is -0.299 e. The summed E-state index contributed by atoms with van der Waals surface area (Å²) in [5.74, 6) is 0.316. The smallest absolute Gasteiger partial charge is 0.257 e. The predicted molar refractivity (Wildman–Crippen MR) is 92.8 cm³/mol. The lowest BCUT2D eigenvalue weighted by Gasteiger charge is -2.21. The summed E-state index contributed by atoms with van der Waals surface area (Å²) in [6, 6.07) is 11.8. The van der Waals surface area contributed by atoms with E-state index in [1.165, 1.54) is 22.5 Å². The molecule has 1 aromatic carbocycles. The normalized spacial score (nSPS) is 20.3. The molecule has 2 unspecified atom stereocenters. The first-order chi connectivity index (χ1) is 11.5. The summed E-state index contributed by atoms with van der Waals surface area (Å²) in [7, 11) is -1.89. The van der Waals surface area contributed by atoms with E-state index >= 15 is 0 Å². The van der Waals surface area contributed by atoms with Crippen molar-refractivity contribution in [1.29, 1.82) is 0 Å². The largest absolute Gasteiger partial charge is 0.299 e. The van der Waals surface area contributed by atoms with Gasteiger partial charge in [0.05, 0.1) is 6.20 Å². The van der Waals surface area contributed by atoms with Gasteiger partial charge in [-0.1, -0.05) is 30.3 Å². The van der Waals surface area contributed by atoms with Crippen molar-refractivity contribution in [2.75, 3.05) is 13.1 Å². The first-order valence-electron chi connectivity index (χ1n) is 8.22. The van der Waals surface area contributed by atoms with E-state index in [0.29, 0.717) is 5.92 Å². The van der Waals surface area contributed by atoms with Gasteiger partial charge in [-0.05, 0) is 37.4 Å². The van der Waals surface area contributed by atoms with Gasteiger partial charge in [0, 0.05) is 26.2 Å². The Hall–Kier alpha value is -1.70. The molecule has 6 nitrogen and oxygen atoms in total. The molecule has 0 radical (unpaired) electrons. The van der Waals surface area contributed by atoms with Crippen molar-refractivity contribution in [3.8, 4) is 0 Å². The van der Waals surface area contributed by atoms with Gasteiger partial charge >= 0.3 is 0 Å². The van der Waals surface area contributed by atoms with Crippen LogP contribution in [0.5, 0.6) is 0 Å². The molecule has 2 aromatic rings. The average molecular weight is 348 g/mol. The quantitative estimate of drug-likeness (QED) is 0.861. The molecular formula is C17H24N4O2S. The number of hydrogen-bond acceptors (Lipinski definition) is 4. The summed E-state index contributed by atoms with van der Waals surface area (Å²) in [5, 5.41) is 4.14. The maximum absolute atomic E-state index is 12.5. The summed E-state index contributed by atoms with van der Waals surface area (Å²) < 4.78 is 29.1. The molecule has 0 bridgehead atoms. The average Bonchev–Trinajstić information content (AvgIpc) is 3.17. The fraction of sp³-hybridized carbons (Fsp3) is 0.471. The maximum Gasteiger partial charge on any atom is 0.257 e. The highest BCUT2D eigenvalue weighted by atomic mass is 32.2. The monoisotopic (exact) mass is 348 g/mol. The summed E-state index contributed by atoms with van der Waals surface area (Å²) in [6.45, 7) is 4.77. The molecule has 1 aliphatic rings. The van der Waals surface area contributed by atoms with Gasteiger partial charge in [-0.25, -0.2) is 13.1 Å². The zero-order valence-corrected chi connectivity index (χ0v) is 14.9. The van der Waals surface area contributed by atoms with Crippen LogP contribution in [0.15, 0.2) is 47.6 Å². The van der Waals surface area contributed by atoms with E-state index in [2.05, 4.69) is 26.9 Å². The molecule has 0 aliphatic carbocycles. The number of aryl methyl sites for hydroxylation is 1. The fourth-order valence-electron chi connectivity index (χ4n) is 3.28. The van der Waals surface area contributed by atoms with Gasteiger partial charge in [0.25, 0.3) is 10.0 Å². The SMILES string of the molecule is CC(NS(=O)(=O)c1ccnn1C)C1CCN(Cc2ccccc2)C1. The first-order valence-corrected chi connectivity index (χ1v) is 9.70. The van der Waals surface area contributed by atoms with Crippen LogP contribution in [0.1, 0.15) is 18.9 Å².